The summed E-state index contributed by atoms with van der Waals surface area (Å²) < 4.78 is 105. The van der Waals surface area contributed by atoms with E-state index >= 15 is 0 Å². The molecule has 1 saturated heterocycles. The zero-order chi connectivity index (χ0) is 27.2. The molecule has 1 aromatic carbocycles. The Labute approximate surface area is 203 Å². The number of carbonyl (C=O) groups excluding carboxylic acids is 1. The summed E-state index contributed by atoms with van der Waals surface area (Å²) >= 11 is 0. The van der Waals surface area contributed by atoms with Gasteiger partial charge >= 0.3 is 6.18 Å². The number of aromatic nitrogens is 2. The van der Waals surface area contributed by atoms with Gasteiger partial charge in [0.15, 0.2) is 17.2 Å². The topological polar surface area (TPSA) is 120 Å². The lowest BCUT2D eigenvalue weighted by atomic mass is 9.77. The molecule has 0 spiro atoms. The van der Waals surface area contributed by atoms with Crippen LogP contribution >= 0.6 is 0 Å². The molecule has 1 aliphatic heterocycles. The smallest absolute Gasteiger partial charge is 0.417 e. The first-order valence-electron chi connectivity index (χ1n) is 10.6. The molecular weight excluding hydrogens is 517 g/mol. The lowest BCUT2D eigenvalue weighted by Gasteiger charge is -2.32. The highest BCUT2D eigenvalue weighted by atomic mass is 32.2. The van der Waals surface area contributed by atoms with E-state index in [1.54, 1.807) is 0 Å². The van der Waals surface area contributed by atoms with E-state index in [0.29, 0.717) is 10.2 Å². The van der Waals surface area contributed by atoms with Crippen molar-refractivity contribution >= 4 is 21.6 Å². The van der Waals surface area contributed by atoms with Gasteiger partial charge in [0.25, 0.3) is 15.9 Å². The molecule has 0 radical (unpaired) electrons. The van der Waals surface area contributed by atoms with E-state index in [9.17, 15) is 35.2 Å². The molecule has 200 valence electrons. The number of aliphatic hydroxyl groups is 1. The molecule has 1 amide bonds. The molecule has 0 saturated carbocycles. The molecule has 15 heteroatoms. The number of anilines is 1. The summed E-state index contributed by atoms with van der Waals surface area (Å²) in [6.07, 6.45) is -5.02. The van der Waals surface area contributed by atoms with Crippen LogP contribution < -0.4 is 10.1 Å². The van der Waals surface area contributed by atoms with Crippen LogP contribution in [0.1, 0.15) is 31.0 Å². The normalized spacial score (nSPS) is 24.7. The minimum absolute atomic E-state index is 0.0507. The molecule has 0 unspecified atom stereocenters. The van der Waals surface area contributed by atoms with E-state index in [0.717, 1.165) is 32.4 Å². The van der Waals surface area contributed by atoms with E-state index in [-0.39, 0.29) is 16.9 Å². The number of ether oxygens (including phenoxy) is 2. The number of halogens is 5. The molecule has 36 heavy (non-hydrogen) atoms. The summed E-state index contributed by atoms with van der Waals surface area (Å²) in [5.74, 6) is -7.68. The summed E-state index contributed by atoms with van der Waals surface area (Å²) in [5.41, 5.74) is -3.20. The van der Waals surface area contributed by atoms with Crippen molar-refractivity contribution in [3.8, 4) is 5.75 Å². The molecule has 1 aromatic heterocycles. The van der Waals surface area contributed by atoms with Crippen LogP contribution in [0.25, 0.3) is 0 Å². The standard InChI is InChI=1S/C21H24F5N3O6S/c1-10-15(12-5-6-13(22)16(23)17(12)34-8-7-30)18(35-20(10,3)21(24,25)26)19(31)27-14-9-29(28-11(14)2)36(4,32)33/h5-6,9-10,15,18,30H,7-8H2,1-4H3,(H,27,31)/t10-,15-,18+,20+/m0/s1. The van der Waals surface area contributed by atoms with Gasteiger partial charge in [0.1, 0.15) is 12.7 Å². The fraction of sp³-hybridized carbons (Fsp3) is 0.524. The van der Waals surface area contributed by atoms with Crippen molar-refractivity contribution in [3.05, 3.63) is 41.2 Å². The summed E-state index contributed by atoms with van der Waals surface area (Å²) in [7, 11) is -3.82. The van der Waals surface area contributed by atoms with Crippen molar-refractivity contribution in [3.63, 3.8) is 0 Å². The number of alkyl halides is 3. The first kappa shape index (κ1) is 27.8. The highest BCUT2D eigenvalue weighted by Gasteiger charge is 2.66. The minimum Gasteiger partial charge on any atom is -0.488 e. The van der Waals surface area contributed by atoms with Crippen LogP contribution in [0, 0.1) is 24.5 Å². The van der Waals surface area contributed by atoms with Crippen LogP contribution in [0.5, 0.6) is 5.75 Å². The van der Waals surface area contributed by atoms with Crippen molar-refractivity contribution in [1.29, 1.82) is 0 Å². The zero-order valence-corrected chi connectivity index (χ0v) is 20.4. The molecular formula is C21H24F5N3O6S. The first-order valence-corrected chi connectivity index (χ1v) is 12.4. The number of hydrogen-bond acceptors (Lipinski definition) is 7. The highest BCUT2D eigenvalue weighted by molar-refractivity contribution is 7.89. The van der Waals surface area contributed by atoms with Crippen LogP contribution in [0.4, 0.5) is 27.6 Å². The Morgan fingerprint density at radius 2 is 1.97 bits per heavy atom. The third-order valence-electron chi connectivity index (χ3n) is 6.18. The maximum Gasteiger partial charge on any atom is 0.417 e. The Balaban J connectivity index is 2.10. The molecule has 4 atom stereocenters. The van der Waals surface area contributed by atoms with Gasteiger partial charge in [-0.1, -0.05) is 13.0 Å². The zero-order valence-electron chi connectivity index (χ0n) is 19.6. The van der Waals surface area contributed by atoms with Gasteiger partial charge in [0.2, 0.25) is 5.82 Å². The van der Waals surface area contributed by atoms with E-state index in [1.807, 2.05) is 0 Å². The largest absolute Gasteiger partial charge is 0.488 e. The molecule has 0 bridgehead atoms. The maximum absolute atomic E-state index is 14.6. The van der Waals surface area contributed by atoms with E-state index in [2.05, 4.69) is 10.4 Å². The van der Waals surface area contributed by atoms with Crippen molar-refractivity contribution in [2.24, 2.45) is 5.92 Å². The second-order valence-electron chi connectivity index (χ2n) is 8.56. The monoisotopic (exact) mass is 541 g/mol. The van der Waals surface area contributed by atoms with Gasteiger partial charge < -0.3 is 19.9 Å². The predicted molar refractivity (Wildman–Crippen MR) is 116 cm³/mol. The SMILES string of the molecule is Cc1nn(S(C)(=O)=O)cc1NC(=O)[C@@H]1O[C@@](C)(C(F)(F)F)[C@@H](C)[C@H]1c1ccc(F)c(F)c1OCCO. The van der Waals surface area contributed by atoms with Crippen LogP contribution in [-0.2, 0) is 19.6 Å². The average Bonchev–Trinajstić information content (AvgIpc) is 3.27. The predicted octanol–water partition coefficient (Wildman–Crippen LogP) is 2.73. The van der Waals surface area contributed by atoms with Crippen LogP contribution in [0.15, 0.2) is 18.3 Å². The number of benzene rings is 1. The highest BCUT2D eigenvalue weighted by Crippen LogP contribution is 2.55. The molecule has 2 heterocycles. The lowest BCUT2D eigenvalue weighted by Crippen LogP contribution is -2.47. The number of hydrogen-bond donors (Lipinski definition) is 2. The maximum atomic E-state index is 14.6. The molecule has 1 fully saturated rings. The molecule has 0 aliphatic carbocycles. The fourth-order valence-corrected chi connectivity index (χ4v) is 4.63. The van der Waals surface area contributed by atoms with Gasteiger partial charge in [-0.3, -0.25) is 4.79 Å². The Hall–Kier alpha value is -2.78. The molecule has 2 aromatic rings. The summed E-state index contributed by atoms with van der Waals surface area (Å²) in [6, 6.07) is 1.67. The Bertz CT molecular complexity index is 1270. The van der Waals surface area contributed by atoms with E-state index in [1.165, 1.54) is 6.92 Å². The van der Waals surface area contributed by atoms with Crippen molar-refractivity contribution in [1.82, 2.24) is 9.19 Å². The van der Waals surface area contributed by atoms with Gasteiger partial charge in [0, 0.05) is 17.4 Å². The third-order valence-corrected chi connectivity index (χ3v) is 7.05. The number of carbonyl (C=O) groups is 1. The number of aliphatic hydroxyl groups excluding tert-OH is 1. The summed E-state index contributed by atoms with van der Waals surface area (Å²) in [5, 5.41) is 15.1. The van der Waals surface area contributed by atoms with Gasteiger partial charge in [-0.05, 0) is 19.9 Å². The van der Waals surface area contributed by atoms with Gasteiger partial charge in [-0.15, -0.1) is 0 Å². The molecule has 1 aliphatic rings. The first-order chi connectivity index (χ1) is 16.5. The third kappa shape index (κ3) is 4.91. The van der Waals surface area contributed by atoms with Crippen molar-refractivity contribution < 1.29 is 49.7 Å². The number of rotatable bonds is 7. The van der Waals surface area contributed by atoms with Gasteiger partial charge in [-0.25, -0.2) is 12.8 Å². The summed E-state index contributed by atoms with van der Waals surface area (Å²) in [6.45, 7) is 2.16. The number of aryl methyl sites for hydroxylation is 1. The van der Waals surface area contributed by atoms with Crippen LogP contribution in [0.2, 0.25) is 0 Å². The second kappa shape index (κ2) is 9.59. The Morgan fingerprint density at radius 3 is 2.50 bits per heavy atom. The van der Waals surface area contributed by atoms with E-state index in [4.69, 9.17) is 14.6 Å². The number of nitrogens with one attached hydrogen (secondary N) is 1. The summed E-state index contributed by atoms with van der Waals surface area (Å²) in [4.78, 5) is 13.2. The number of amides is 1. The minimum atomic E-state index is -4.96. The molecule has 2 N–H and O–H groups in total. The van der Waals surface area contributed by atoms with Crippen molar-refractivity contribution in [2.45, 2.75) is 44.6 Å². The van der Waals surface area contributed by atoms with Gasteiger partial charge in [0.05, 0.1) is 30.4 Å². The fourth-order valence-electron chi connectivity index (χ4n) is 4.06. The quantitative estimate of drug-likeness (QED) is 0.518. The van der Waals surface area contributed by atoms with E-state index < -0.39 is 76.2 Å². The lowest BCUT2D eigenvalue weighted by molar-refractivity contribution is -0.272. The second-order valence-corrected chi connectivity index (χ2v) is 10.4. The molecule has 9 nitrogen and oxygen atoms in total. The Morgan fingerprint density at radius 1 is 1.33 bits per heavy atom. The van der Waals surface area contributed by atoms with Crippen molar-refractivity contribution in [2.75, 3.05) is 24.8 Å². The van der Waals surface area contributed by atoms with Crippen LogP contribution in [0.3, 0.4) is 0 Å². The average molecular weight is 541 g/mol. The van der Waals surface area contributed by atoms with Crippen LogP contribution in [-0.4, -0.2) is 66.0 Å². The molecule has 3 rings (SSSR count). The Kier molecular flexibility index (Phi) is 7.41. The number of nitrogens with zero attached hydrogens (tertiary/aromatic N) is 2. The van der Waals surface area contributed by atoms with Gasteiger partial charge in [-0.2, -0.15) is 26.7 Å².